The molecule has 230 valence electrons. The van der Waals surface area contributed by atoms with Gasteiger partial charge in [0, 0.05) is 31.6 Å². The highest BCUT2D eigenvalue weighted by Crippen LogP contribution is 2.33. The van der Waals surface area contributed by atoms with Gasteiger partial charge in [0.25, 0.3) is 5.91 Å². The maximum Gasteiger partial charge on any atom is 0.415 e. The van der Waals surface area contributed by atoms with E-state index in [0.29, 0.717) is 58.2 Å². The number of likely N-dealkylation sites (tertiary alicyclic amines) is 1. The quantitative estimate of drug-likeness (QED) is 0.288. The third kappa shape index (κ3) is 6.50. The molecule has 1 saturated carbocycles. The van der Waals surface area contributed by atoms with Crippen LogP contribution in [-0.2, 0) is 16.0 Å². The normalized spacial score (nSPS) is 24.4. The number of nitrogens with one attached hydrogen (secondary N) is 1. The van der Waals surface area contributed by atoms with Crippen LogP contribution in [0, 0.1) is 5.92 Å². The number of aliphatic hydroxyl groups is 2. The highest BCUT2D eigenvalue weighted by Gasteiger charge is 2.48. The number of nitrogen functional groups attached to an aromatic ring is 1. The SMILES string of the molecule is Nc1nc(CCCC2CCN(C(=O)Oc3ccc(Cl)c(Cl)c3)CC2)nc2c1ncn2[C@@H]1O[C@H](C(=O)NC2CC2)[C@@H](O)[C@H]1O. The summed E-state index contributed by atoms with van der Waals surface area (Å²) in [4.78, 5) is 40.1. The van der Waals surface area contributed by atoms with Crippen LogP contribution in [0.2, 0.25) is 10.0 Å². The van der Waals surface area contributed by atoms with Gasteiger partial charge < -0.3 is 35.6 Å². The first-order chi connectivity index (χ1) is 20.7. The number of fused-ring (bicyclic) bond motifs is 1. The summed E-state index contributed by atoms with van der Waals surface area (Å²) in [7, 11) is 0. The summed E-state index contributed by atoms with van der Waals surface area (Å²) >= 11 is 11.9. The molecule has 1 aromatic carbocycles. The lowest BCUT2D eigenvalue weighted by molar-refractivity contribution is -0.137. The van der Waals surface area contributed by atoms with Crippen LogP contribution < -0.4 is 15.8 Å². The topological polar surface area (TPSA) is 178 Å². The molecular formula is C28H33Cl2N7O6. The van der Waals surface area contributed by atoms with Crippen molar-refractivity contribution in [3.8, 4) is 5.75 Å². The average Bonchev–Trinajstić information content (AvgIpc) is 3.62. The number of carbonyl (C=O) groups is 2. The van der Waals surface area contributed by atoms with Crippen molar-refractivity contribution >= 4 is 52.2 Å². The lowest BCUT2D eigenvalue weighted by atomic mass is 9.91. The monoisotopic (exact) mass is 633 g/mol. The zero-order chi connectivity index (χ0) is 30.2. The summed E-state index contributed by atoms with van der Waals surface area (Å²) in [6.45, 7) is 1.18. The number of nitrogens with two attached hydrogens (primary N) is 1. The summed E-state index contributed by atoms with van der Waals surface area (Å²) in [6.07, 6.45) is 1.74. The van der Waals surface area contributed by atoms with Crippen LogP contribution in [0.25, 0.3) is 11.2 Å². The molecule has 2 saturated heterocycles. The molecule has 0 bridgehead atoms. The van der Waals surface area contributed by atoms with Crippen LogP contribution in [0.1, 0.15) is 50.6 Å². The number of hydrogen-bond acceptors (Lipinski definition) is 10. The molecule has 0 radical (unpaired) electrons. The maximum absolute atomic E-state index is 12.6. The Morgan fingerprint density at radius 2 is 1.86 bits per heavy atom. The third-order valence-electron chi connectivity index (χ3n) is 8.17. The number of carbonyl (C=O) groups excluding carboxylic acids is 2. The number of aromatic nitrogens is 4. The number of halogens is 2. The molecule has 4 heterocycles. The molecule has 15 heteroatoms. The fraction of sp³-hybridized carbons (Fsp3) is 0.536. The number of nitrogens with zero attached hydrogens (tertiary/aromatic N) is 5. The summed E-state index contributed by atoms with van der Waals surface area (Å²) in [5.74, 6) is 1.05. The molecule has 4 atom stereocenters. The van der Waals surface area contributed by atoms with E-state index >= 15 is 0 Å². The second kappa shape index (κ2) is 12.4. The van der Waals surface area contributed by atoms with Gasteiger partial charge in [-0.25, -0.2) is 19.7 Å². The number of hydrogen-bond donors (Lipinski definition) is 4. The number of ether oxygens (including phenoxy) is 2. The second-order valence-corrected chi connectivity index (χ2v) is 12.1. The molecule has 6 rings (SSSR count). The van der Waals surface area contributed by atoms with E-state index in [4.69, 9.17) is 38.4 Å². The summed E-state index contributed by atoms with van der Waals surface area (Å²) in [6, 6.07) is 4.80. The minimum absolute atomic E-state index is 0.0907. The Labute approximate surface area is 257 Å². The van der Waals surface area contributed by atoms with E-state index in [1.165, 1.54) is 17.0 Å². The molecule has 0 spiro atoms. The number of piperidine rings is 1. The lowest BCUT2D eigenvalue weighted by Gasteiger charge is -2.31. The van der Waals surface area contributed by atoms with Crippen molar-refractivity contribution in [2.24, 2.45) is 5.92 Å². The summed E-state index contributed by atoms with van der Waals surface area (Å²) in [5.41, 5.74) is 6.89. The minimum Gasteiger partial charge on any atom is -0.410 e. The second-order valence-electron chi connectivity index (χ2n) is 11.3. The molecule has 3 aromatic rings. The smallest absolute Gasteiger partial charge is 0.410 e. The molecule has 1 aliphatic carbocycles. The fourth-order valence-electron chi connectivity index (χ4n) is 5.56. The Kier molecular flexibility index (Phi) is 8.60. The van der Waals surface area contributed by atoms with E-state index in [0.717, 1.165) is 38.5 Å². The van der Waals surface area contributed by atoms with Crippen LogP contribution >= 0.6 is 23.2 Å². The van der Waals surface area contributed by atoms with Gasteiger partial charge in [-0.15, -0.1) is 0 Å². The van der Waals surface area contributed by atoms with E-state index in [-0.39, 0.29) is 11.9 Å². The molecule has 2 aromatic heterocycles. The lowest BCUT2D eigenvalue weighted by Crippen LogP contribution is -2.43. The Hall–Kier alpha value is -3.23. The molecule has 43 heavy (non-hydrogen) atoms. The number of rotatable bonds is 8. The number of benzene rings is 1. The van der Waals surface area contributed by atoms with E-state index in [2.05, 4.69) is 20.3 Å². The first-order valence-electron chi connectivity index (χ1n) is 14.4. The van der Waals surface area contributed by atoms with Crippen molar-refractivity contribution in [3.63, 3.8) is 0 Å². The molecule has 0 unspecified atom stereocenters. The first kappa shape index (κ1) is 29.8. The van der Waals surface area contributed by atoms with Crippen molar-refractivity contribution < 1.29 is 29.3 Å². The van der Waals surface area contributed by atoms with Gasteiger partial charge in [0.15, 0.2) is 23.8 Å². The van der Waals surface area contributed by atoms with Crippen LogP contribution in [-0.4, -0.2) is 84.1 Å². The Balaban J connectivity index is 1.03. The fourth-order valence-corrected chi connectivity index (χ4v) is 5.85. The highest BCUT2D eigenvalue weighted by atomic mass is 35.5. The molecule has 13 nitrogen and oxygen atoms in total. The van der Waals surface area contributed by atoms with Crippen molar-refractivity contribution in [3.05, 3.63) is 40.4 Å². The van der Waals surface area contributed by atoms with Gasteiger partial charge in [0.1, 0.15) is 29.3 Å². The van der Waals surface area contributed by atoms with E-state index in [1.54, 1.807) is 17.0 Å². The molecule has 3 fully saturated rings. The standard InChI is InChI=1S/C28H33Cl2N7O6/c29-17-7-6-16(12-18(17)30)42-28(41)36-10-8-14(9-11-36)2-1-3-19-34-24(31)20-25(35-19)37(13-32-20)27-22(39)21(38)23(43-27)26(40)33-15-4-5-15/h6-7,12-15,21-23,27,38-39H,1-5,8-11H2,(H,33,40)(H2,31,34,35)/t21-,22+,23-,27+/m0/s1. The highest BCUT2D eigenvalue weighted by molar-refractivity contribution is 6.42. The number of amides is 2. The maximum atomic E-state index is 12.6. The number of aryl methyl sites for hydroxylation is 1. The van der Waals surface area contributed by atoms with E-state index < -0.39 is 36.5 Å². The van der Waals surface area contributed by atoms with Gasteiger partial charge >= 0.3 is 6.09 Å². The van der Waals surface area contributed by atoms with Crippen molar-refractivity contribution in [2.45, 2.75) is 75.5 Å². The molecule has 5 N–H and O–H groups in total. The zero-order valence-corrected chi connectivity index (χ0v) is 24.7. The number of aliphatic hydroxyl groups excluding tert-OH is 2. The molecule has 2 aliphatic heterocycles. The van der Waals surface area contributed by atoms with Gasteiger partial charge in [0.05, 0.1) is 16.4 Å². The predicted molar refractivity (Wildman–Crippen MR) is 157 cm³/mol. The largest absolute Gasteiger partial charge is 0.415 e. The molecular weight excluding hydrogens is 601 g/mol. The van der Waals surface area contributed by atoms with Crippen molar-refractivity contribution in [1.29, 1.82) is 0 Å². The molecule has 3 aliphatic rings. The van der Waals surface area contributed by atoms with Crippen LogP contribution in [0.4, 0.5) is 10.6 Å². The van der Waals surface area contributed by atoms with Crippen LogP contribution in [0.5, 0.6) is 5.75 Å². The number of imidazole rings is 1. The van der Waals surface area contributed by atoms with Crippen LogP contribution in [0.15, 0.2) is 24.5 Å². The molecule has 2 amide bonds. The van der Waals surface area contributed by atoms with Gasteiger partial charge in [-0.05, 0) is 56.6 Å². The van der Waals surface area contributed by atoms with E-state index in [9.17, 15) is 19.8 Å². The third-order valence-corrected chi connectivity index (χ3v) is 8.91. The summed E-state index contributed by atoms with van der Waals surface area (Å²) in [5, 5.41) is 24.7. The summed E-state index contributed by atoms with van der Waals surface area (Å²) < 4.78 is 12.7. The van der Waals surface area contributed by atoms with Crippen LogP contribution in [0.3, 0.4) is 0 Å². The van der Waals surface area contributed by atoms with Crippen molar-refractivity contribution in [2.75, 3.05) is 18.8 Å². The predicted octanol–water partition coefficient (Wildman–Crippen LogP) is 2.85. The van der Waals surface area contributed by atoms with Gasteiger partial charge in [-0.3, -0.25) is 9.36 Å². The van der Waals surface area contributed by atoms with Gasteiger partial charge in [-0.2, -0.15) is 0 Å². The van der Waals surface area contributed by atoms with E-state index in [1.807, 2.05) is 0 Å². The van der Waals surface area contributed by atoms with Crippen molar-refractivity contribution in [1.82, 2.24) is 29.7 Å². The Bertz CT molecular complexity index is 1510. The average molecular weight is 635 g/mol. The first-order valence-corrected chi connectivity index (χ1v) is 15.2. The van der Waals surface area contributed by atoms with Gasteiger partial charge in [-0.1, -0.05) is 23.2 Å². The van der Waals surface area contributed by atoms with Gasteiger partial charge in [0.2, 0.25) is 0 Å². The Morgan fingerprint density at radius 1 is 1.09 bits per heavy atom. The Morgan fingerprint density at radius 3 is 2.58 bits per heavy atom. The number of anilines is 1. The minimum atomic E-state index is -1.40. The zero-order valence-electron chi connectivity index (χ0n) is 23.2.